The molecule has 13 nitrogen and oxygen atoms in total. The van der Waals surface area contributed by atoms with E-state index in [1.807, 2.05) is 48.5 Å². The third-order valence-electron chi connectivity index (χ3n) is 13.2. The van der Waals surface area contributed by atoms with Crippen molar-refractivity contribution in [2.45, 2.75) is 91.1 Å². The summed E-state index contributed by atoms with van der Waals surface area (Å²) < 4.78 is 25.9. The van der Waals surface area contributed by atoms with Crippen LogP contribution in [0.15, 0.2) is 108 Å². The standard InChI is InChI=1S/C56H59Cl2N7O6/c1-36-42(34-70-54-21-52(68-32-40-17-38(23-60-3)25-62-27-40)44(19-49(54)57)29-64-15-7-11-46(64)31-66)9-5-12-47(36)48-13-6-10-43(37(48)2)35-71-55-22-53(69-33-41-18-39(24-61-4)26-63-28-41)45(20-50(55)58)30-65-16-8-14-51(65)56(59)67/h5-6,9-10,12-13,17-28,31,46,51H,7-8,11,14-16,29-30,32-35H2,1-4H3,(H2,59,67)/b60-23+,61-24+/t46?,51-/m1/s1. The Hall–Kier alpha value is -6.64. The molecule has 71 heavy (non-hydrogen) atoms. The van der Waals surface area contributed by atoms with E-state index in [9.17, 15) is 9.59 Å². The largest absolute Gasteiger partial charge is 0.488 e. The number of nitrogens with zero attached hydrogens (tertiary/aromatic N) is 6. The Bertz CT molecular complexity index is 2930. The lowest BCUT2D eigenvalue weighted by Gasteiger charge is -2.24. The molecule has 0 spiro atoms. The van der Waals surface area contributed by atoms with Gasteiger partial charge in [-0.2, -0.15) is 0 Å². The van der Waals surface area contributed by atoms with E-state index in [0.717, 1.165) is 105 Å². The SMILES string of the molecule is C/N=C/c1cncc(COc2cc(OCc3cccc(-c4cccc(COc5cc(OCc6cncc(/C=N/C)c6)c(CN6CCC[C@@H]6C(N)=O)cc5Cl)c4C)c3C)c(Cl)cc2CN2CCCC2C=O)c1. The second-order valence-electron chi connectivity index (χ2n) is 18.0. The maximum absolute atomic E-state index is 12.3. The molecule has 2 aliphatic rings. The van der Waals surface area contributed by atoms with Gasteiger partial charge >= 0.3 is 0 Å². The maximum Gasteiger partial charge on any atom is 0.234 e. The molecule has 2 N–H and O–H groups in total. The first-order valence-corrected chi connectivity index (χ1v) is 24.6. The van der Waals surface area contributed by atoms with Crippen molar-refractivity contribution in [3.63, 3.8) is 0 Å². The van der Waals surface area contributed by atoms with Crippen molar-refractivity contribution in [3.8, 4) is 34.1 Å². The smallest absolute Gasteiger partial charge is 0.234 e. The van der Waals surface area contributed by atoms with E-state index in [4.69, 9.17) is 47.9 Å². The van der Waals surface area contributed by atoms with Gasteiger partial charge in [0.05, 0.1) is 22.1 Å². The van der Waals surface area contributed by atoms with Crippen LogP contribution in [0.25, 0.3) is 11.1 Å². The summed E-state index contributed by atoms with van der Waals surface area (Å²) >= 11 is 13.9. The lowest BCUT2D eigenvalue weighted by atomic mass is 9.92. The normalized spacial score (nSPS) is 16.3. The van der Waals surface area contributed by atoms with Crippen LogP contribution in [-0.2, 0) is 49.1 Å². The average Bonchev–Trinajstić information content (AvgIpc) is 4.04. The number of carbonyl (C=O) groups excluding carboxylic acids is 2. The molecular weight excluding hydrogens is 938 g/mol. The number of aliphatic imine (C=N–C) groups is 2. The van der Waals surface area contributed by atoms with E-state index in [2.05, 4.69) is 67.9 Å². The molecule has 1 unspecified atom stereocenters. The van der Waals surface area contributed by atoms with Crippen molar-refractivity contribution >= 4 is 47.8 Å². The van der Waals surface area contributed by atoms with Gasteiger partial charge in [0.25, 0.3) is 0 Å². The summed E-state index contributed by atoms with van der Waals surface area (Å²) in [5.74, 6) is 1.83. The number of primary amides is 1. The van der Waals surface area contributed by atoms with Gasteiger partial charge in [0.1, 0.15) is 55.7 Å². The number of hydrogen-bond acceptors (Lipinski definition) is 12. The van der Waals surface area contributed by atoms with Gasteiger partial charge in [-0.1, -0.05) is 59.6 Å². The quantitative estimate of drug-likeness (QED) is 0.0545. The third kappa shape index (κ3) is 12.6. The van der Waals surface area contributed by atoms with Gasteiger partial charge in [-0.15, -0.1) is 0 Å². The van der Waals surface area contributed by atoms with E-state index in [-0.39, 0.29) is 44.4 Å². The highest BCUT2D eigenvalue weighted by Gasteiger charge is 2.30. The highest BCUT2D eigenvalue weighted by molar-refractivity contribution is 6.32. The average molecular weight is 997 g/mol. The van der Waals surface area contributed by atoms with E-state index < -0.39 is 0 Å². The molecule has 0 aliphatic carbocycles. The molecule has 0 bridgehead atoms. The molecule has 2 fully saturated rings. The number of benzene rings is 4. The number of aromatic nitrogens is 2. The van der Waals surface area contributed by atoms with Gasteiger partial charge in [0.2, 0.25) is 5.91 Å². The Labute approximate surface area is 425 Å². The van der Waals surface area contributed by atoms with E-state index in [0.29, 0.717) is 52.6 Å². The highest BCUT2D eigenvalue weighted by Crippen LogP contribution is 2.39. The summed E-state index contributed by atoms with van der Waals surface area (Å²) in [4.78, 5) is 45.4. The Balaban J connectivity index is 0.998. The number of amides is 1. The molecule has 368 valence electrons. The number of rotatable bonds is 21. The van der Waals surface area contributed by atoms with Crippen LogP contribution in [0.5, 0.6) is 23.0 Å². The number of pyridine rings is 2. The van der Waals surface area contributed by atoms with E-state index in [1.54, 1.807) is 51.3 Å². The highest BCUT2D eigenvalue weighted by atomic mass is 35.5. The minimum absolute atomic E-state index is 0.145. The van der Waals surface area contributed by atoms with Crippen LogP contribution in [0, 0.1) is 13.8 Å². The van der Waals surface area contributed by atoms with Gasteiger partial charge < -0.3 is 29.5 Å². The van der Waals surface area contributed by atoms with Crippen LogP contribution in [0.4, 0.5) is 0 Å². The van der Waals surface area contributed by atoms with Crippen molar-refractivity contribution < 1.29 is 28.5 Å². The molecular formula is C56H59Cl2N7O6. The number of aldehydes is 1. The van der Waals surface area contributed by atoms with E-state index in [1.165, 1.54) is 0 Å². The maximum atomic E-state index is 12.3. The summed E-state index contributed by atoms with van der Waals surface area (Å²) in [6.45, 7) is 7.73. The Morgan fingerprint density at radius 2 is 1.13 bits per heavy atom. The Kier molecular flexibility index (Phi) is 17.1. The fourth-order valence-electron chi connectivity index (χ4n) is 9.38. The van der Waals surface area contributed by atoms with Gasteiger partial charge in [-0.3, -0.25) is 34.5 Å². The second kappa shape index (κ2) is 24.0. The van der Waals surface area contributed by atoms with Crippen molar-refractivity contribution in [2.75, 3.05) is 27.2 Å². The zero-order chi connectivity index (χ0) is 49.9. The number of ether oxygens (including phenoxy) is 4. The zero-order valence-corrected chi connectivity index (χ0v) is 42.1. The molecule has 8 rings (SSSR count). The molecule has 0 saturated carbocycles. The Morgan fingerprint density at radius 1 is 0.648 bits per heavy atom. The van der Waals surface area contributed by atoms with Gasteiger partial charge in [0.15, 0.2) is 0 Å². The molecule has 6 aromatic rings. The summed E-state index contributed by atoms with van der Waals surface area (Å²) in [5, 5.41) is 0.884. The van der Waals surface area contributed by atoms with Gasteiger partial charge in [-0.05, 0) is 110 Å². The summed E-state index contributed by atoms with van der Waals surface area (Å²) in [7, 11) is 3.44. The number of hydrogen-bond donors (Lipinski definition) is 1. The molecule has 1 amide bonds. The van der Waals surface area contributed by atoms with Crippen LogP contribution in [0.3, 0.4) is 0 Å². The van der Waals surface area contributed by atoms with Crippen LogP contribution >= 0.6 is 23.2 Å². The molecule has 0 radical (unpaired) electrons. The van der Waals surface area contributed by atoms with Gasteiger partial charge in [-0.25, -0.2) is 0 Å². The van der Waals surface area contributed by atoms with Crippen molar-refractivity contribution in [1.29, 1.82) is 0 Å². The molecule has 15 heteroatoms. The number of likely N-dealkylation sites (tertiary alicyclic amines) is 2. The summed E-state index contributed by atoms with van der Waals surface area (Å²) in [6, 6.07) is 23.3. The lowest BCUT2D eigenvalue weighted by molar-refractivity contribution is -0.122. The molecule has 2 aliphatic heterocycles. The van der Waals surface area contributed by atoms with Crippen molar-refractivity contribution in [2.24, 2.45) is 15.7 Å². The first-order chi connectivity index (χ1) is 34.5. The number of carbonyl (C=O) groups is 2. The lowest BCUT2D eigenvalue weighted by Crippen LogP contribution is -2.39. The molecule has 4 aromatic carbocycles. The summed E-state index contributed by atoms with van der Waals surface area (Å²) in [6.07, 6.45) is 14.9. The predicted molar refractivity (Wildman–Crippen MR) is 279 cm³/mol. The van der Waals surface area contributed by atoms with Crippen LogP contribution in [-0.4, -0.2) is 83.7 Å². The van der Waals surface area contributed by atoms with Crippen LogP contribution < -0.4 is 24.7 Å². The van der Waals surface area contributed by atoms with Crippen LogP contribution in [0.2, 0.25) is 10.0 Å². The second-order valence-corrected chi connectivity index (χ2v) is 18.8. The fourth-order valence-corrected chi connectivity index (χ4v) is 9.86. The van der Waals surface area contributed by atoms with Crippen molar-refractivity contribution in [3.05, 3.63) is 163 Å². The van der Waals surface area contributed by atoms with E-state index >= 15 is 0 Å². The number of halogens is 2. The first kappa shape index (κ1) is 50.7. The van der Waals surface area contributed by atoms with Crippen LogP contribution in [0.1, 0.15) is 81.3 Å². The molecule has 2 aromatic heterocycles. The predicted octanol–water partition coefficient (Wildman–Crippen LogP) is 10.1. The first-order valence-electron chi connectivity index (χ1n) is 23.8. The fraction of sp³-hybridized carbons (Fsp3) is 0.321. The zero-order valence-electron chi connectivity index (χ0n) is 40.6. The summed E-state index contributed by atoms with van der Waals surface area (Å²) in [5.41, 5.74) is 17.2. The number of nitrogens with two attached hydrogens (primary N) is 1. The third-order valence-corrected chi connectivity index (χ3v) is 13.8. The Morgan fingerprint density at radius 3 is 1.62 bits per heavy atom. The molecule has 2 saturated heterocycles. The monoisotopic (exact) mass is 995 g/mol. The minimum Gasteiger partial charge on any atom is -0.488 e. The molecule has 4 heterocycles. The minimum atomic E-state index is -0.354. The van der Waals surface area contributed by atoms with Crippen molar-refractivity contribution in [1.82, 2.24) is 19.8 Å². The topological polar surface area (TPSA) is 154 Å². The van der Waals surface area contributed by atoms with Gasteiger partial charge in [0, 0.05) is 110 Å². The molecule has 2 atom stereocenters.